The topological polar surface area (TPSA) is 54.1 Å². The molecule has 0 aliphatic heterocycles. The van der Waals surface area contributed by atoms with Crippen LogP contribution in [0.3, 0.4) is 0 Å². The minimum Gasteiger partial charge on any atom is -0.383 e. The standard InChI is InChI=1S/C20H22N2O2/c1-14(13-24-2)22-19(15-8-4-3-5-9-15)20(23)17-12-21-18-11-7-6-10-16(17)18/h3-12,14,19,21-22H,13H2,1-2H3/t14-,19-/m0/s1. The van der Waals surface area contributed by atoms with E-state index in [1.807, 2.05) is 61.5 Å². The van der Waals surface area contributed by atoms with Crippen LogP contribution in [0.1, 0.15) is 28.9 Å². The minimum atomic E-state index is -0.407. The van der Waals surface area contributed by atoms with Gasteiger partial charge in [0.15, 0.2) is 5.78 Å². The molecule has 3 aromatic rings. The molecule has 0 radical (unpaired) electrons. The van der Waals surface area contributed by atoms with Crippen LogP contribution in [0, 0.1) is 0 Å². The molecule has 0 unspecified atom stereocenters. The van der Waals surface area contributed by atoms with E-state index in [4.69, 9.17) is 4.74 Å². The zero-order valence-corrected chi connectivity index (χ0v) is 14.0. The molecule has 0 bridgehead atoms. The van der Waals surface area contributed by atoms with Crippen LogP contribution in [0.4, 0.5) is 0 Å². The zero-order chi connectivity index (χ0) is 16.9. The van der Waals surface area contributed by atoms with E-state index in [0.717, 1.165) is 16.5 Å². The van der Waals surface area contributed by atoms with E-state index in [1.165, 1.54) is 0 Å². The van der Waals surface area contributed by atoms with Crippen molar-refractivity contribution in [1.82, 2.24) is 10.3 Å². The van der Waals surface area contributed by atoms with Gasteiger partial charge in [0, 0.05) is 35.8 Å². The summed E-state index contributed by atoms with van der Waals surface area (Å²) < 4.78 is 5.20. The molecule has 0 saturated heterocycles. The normalized spacial score (nSPS) is 13.8. The highest BCUT2D eigenvalue weighted by atomic mass is 16.5. The van der Waals surface area contributed by atoms with E-state index >= 15 is 0 Å². The van der Waals surface area contributed by atoms with Gasteiger partial charge in [0.05, 0.1) is 12.6 Å². The smallest absolute Gasteiger partial charge is 0.186 e. The Labute approximate surface area is 141 Å². The molecule has 1 heterocycles. The molecule has 0 saturated carbocycles. The van der Waals surface area contributed by atoms with Gasteiger partial charge in [0.25, 0.3) is 0 Å². The number of para-hydroxylation sites is 1. The Morgan fingerprint density at radius 3 is 2.58 bits per heavy atom. The van der Waals surface area contributed by atoms with Crippen molar-refractivity contribution < 1.29 is 9.53 Å². The maximum absolute atomic E-state index is 13.2. The summed E-state index contributed by atoms with van der Waals surface area (Å²) >= 11 is 0. The SMILES string of the molecule is COC[C@H](C)N[C@H](C(=O)c1c[nH]c2ccccc12)c1ccccc1. The van der Waals surface area contributed by atoms with Gasteiger partial charge in [-0.2, -0.15) is 0 Å². The second-order valence-electron chi connectivity index (χ2n) is 5.98. The van der Waals surface area contributed by atoms with Crippen LogP contribution in [0.5, 0.6) is 0 Å². The molecule has 2 N–H and O–H groups in total. The van der Waals surface area contributed by atoms with Crippen molar-refractivity contribution in [2.24, 2.45) is 0 Å². The maximum atomic E-state index is 13.2. The number of methoxy groups -OCH3 is 1. The lowest BCUT2D eigenvalue weighted by Crippen LogP contribution is -2.37. The summed E-state index contributed by atoms with van der Waals surface area (Å²) in [7, 11) is 1.66. The summed E-state index contributed by atoms with van der Waals surface area (Å²) in [4.78, 5) is 16.4. The van der Waals surface area contributed by atoms with Crippen molar-refractivity contribution in [3.63, 3.8) is 0 Å². The molecule has 2 atom stereocenters. The van der Waals surface area contributed by atoms with Gasteiger partial charge < -0.3 is 9.72 Å². The number of benzene rings is 2. The molecule has 2 aromatic carbocycles. The maximum Gasteiger partial charge on any atom is 0.186 e. The number of hydrogen-bond donors (Lipinski definition) is 2. The van der Waals surface area contributed by atoms with Gasteiger partial charge in [-0.25, -0.2) is 0 Å². The van der Waals surface area contributed by atoms with E-state index in [0.29, 0.717) is 12.2 Å². The van der Waals surface area contributed by atoms with E-state index in [9.17, 15) is 4.79 Å². The van der Waals surface area contributed by atoms with Crippen molar-refractivity contribution in [3.05, 3.63) is 71.9 Å². The minimum absolute atomic E-state index is 0.0570. The highest BCUT2D eigenvalue weighted by Gasteiger charge is 2.25. The largest absolute Gasteiger partial charge is 0.383 e. The fourth-order valence-electron chi connectivity index (χ4n) is 2.98. The number of fused-ring (bicyclic) bond motifs is 1. The number of carbonyl (C=O) groups is 1. The van der Waals surface area contributed by atoms with Crippen molar-refractivity contribution in [2.75, 3.05) is 13.7 Å². The van der Waals surface area contributed by atoms with E-state index in [1.54, 1.807) is 13.3 Å². The Hall–Kier alpha value is -2.43. The molecule has 0 aliphatic rings. The molecular weight excluding hydrogens is 300 g/mol. The zero-order valence-electron chi connectivity index (χ0n) is 14.0. The van der Waals surface area contributed by atoms with Gasteiger partial charge in [-0.1, -0.05) is 48.5 Å². The first-order valence-electron chi connectivity index (χ1n) is 8.11. The number of hydrogen-bond acceptors (Lipinski definition) is 3. The average Bonchev–Trinajstić information content (AvgIpc) is 3.04. The number of carbonyl (C=O) groups excluding carboxylic acids is 1. The molecule has 0 fully saturated rings. The molecule has 1 aromatic heterocycles. The third-order valence-electron chi connectivity index (χ3n) is 4.12. The first kappa shape index (κ1) is 16.4. The van der Waals surface area contributed by atoms with E-state index in [2.05, 4.69) is 10.3 Å². The lowest BCUT2D eigenvalue weighted by atomic mass is 9.96. The number of rotatable bonds is 7. The number of aromatic amines is 1. The van der Waals surface area contributed by atoms with Crippen molar-refractivity contribution >= 4 is 16.7 Å². The summed E-state index contributed by atoms with van der Waals surface area (Å²) in [6.45, 7) is 2.56. The van der Waals surface area contributed by atoms with Gasteiger partial charge in [-0.3, -0.25) is 10.1 Å². The number of Topliss-reactive ketones (excluding diaryl/α,β-unsaturated/α-hetero) is 1. The number of aromatic nitrogens is 1. The second-order valence-corrected chi connectivity index (χ2v) is 5.98. The predicted octanol–water partition coefficient (Wildman–Crippen LogP) is 3.72. The van der Waals surface area contributed by atoms with Crippen LogP contribution >= 0.6 is 0 Å². The second kappa shape index (κ2) is 7.43. The molecule has 0 spiro atoms. The predicted molar refractivity (Wildman–Crippen MR) is 96.3 cm³/mol. The summed E-state index contributed by atoms with van der Waals surface area (Å²) in [5.41, 5.74) is 2.63. The average molecular weight is 322 g/mol. The molecule has 4 heteroatoms. The Morgan fingerprint density at radius 2 is 1.83 bits per heavy atom. The molecular formula is C20H22N2O2. The van der Waals surface area contributed by atoms with Crippen LogP contribution in [0.2, 0.25) is 0 Å². The lowest BCUT2D eigenvalue weighted by Gasteiger charge is -2.22. The summed E-state index contributed by atoms with van der Waals surface area (Å²) in [5, 5.41) is 4.35. The first-order chi connectivity index (χ1) is 11.7. The van der Waals surface area contributed by atoms with Crippen molar-refractivity contribution in [3.8, 4) is 0 Å². The van der Waals surface area contributed by atoms with Crippen molar-refractivity contribution in [2.45, 2.75) is 19.0 Å². The first-order valence-corrected chi connectivity index (χ1v) is 8.11. The summed E-state index contributed by atoms with van der Waals surface area (Å²) in [5.74, 6) is 0.0570. The van der Waals surface area contributed by atoms with Gasteiger partial charge in [-0.15, -0.1) is 0 Å². The highest BCUT2D eigenvalue weighted by molar-refractivity contribution is 6.10. The van der Waals surface area contributed by atoms with Gasteiger partial charge in [0.1, 0.15) is 0 Å². The number of ether oxygens (including phenoxy) is 1. The Balaban J connectivity index is 1.96. The van der Waals surface area contributed by atoms with Crippen LogP contribution in [-0.4, -0.2) is 30.5 Å². The van der Waals surface area contributed by atoms with E-state index < -0.39 is 6.04 Å². The molecule has 4 nitrogen and oxygen atoms in total. The van der Waals surface area contributed by atoms with Crippen LogP contribution in [-0.2, 0) is 4.74 Å². The number of ketones is 1. The van der Waals surface area contributed by atoms with Crippen LogP contribution in [0.25, 0.3) is 10.9 Å². The van der Waals surface area contributed by atoms with Crippen LogP contribution in [0.15, 0.2) is 60.8 Å². The molecule has 24 heavy (non-hydrogen) atoms. The third kappa shape index (κ3) is 3.40. The third-order valence-corrected chi connectivity index (χ3v) is 4.12. The number of H-pyrrole nitrogens is 1. The van der Waals surface area contributed by atoms with E-state index in [-0.39, 0.29) is 11.8 Å². The van der Waals surface area contributed by atoms with Crippen LogP contribution < -0.4 is 5.32 Å². The van der Waals surface area contributed by atoms with Gasteiger partial charge >= 0.3 is 0 Å². The molecule has 3 rings (SSSR count). The molecule has 0 amide bonds. The van der Waals surface area contributed by atoms with Crippen molar-refractivity contribution in [1.29, 1.82) is 0 Å². The molecule has 0 aliphatic carbocycles. The fraction of sp³-hybridized carbons (Fsp3) is 0.250. The Morgan fingerprint density at radius 1 is 1.12 bits per heavy atom. The Kier molecular flexibility index (Phi) is 5.08. The number of nitrogens with one attached hydrogen (secondary N) is 2. The quantitative estimate of drug-likeness (QED) is 0.652. The Bertz CT molecular complexity index is 811. The monoisotopic (exact) mass is 322 g/mol. The highest BCUT2D eigenvalue weighted by Crippen LogP contribution is 2.25. The van der Waals surface area contributed by atoms with Gasteiger partial charge in [0.2, 0.25) is 0 Å². The lowest BCUT2D eigenvalue weighted by molar-refractivity contribution is 0.0922. The fourth-order valence-corrected chi connectivity index (χ4v) is 2.98. The summed E-state index contributed by atoms with van der Waals surface area (Å²) in [6.07, 6.45) is 1.80. The summed E-state index contributed by atoms with van der Waals surface area (Å²) in [6, 6.07) is 17.3. The van der Waals surface area contributed by atoms with Gasteiger partial charge in [-0.05, 0) is 18.6 Å². The molecule has 124 valence electrons.